The summed E-state index contributed by atoms with van der Waals surface area (Å²) in [6.45, 7) is 3.65. The summed E-state index contributed by atoms with van der Waals surface area (Å²) in [5.74, 6) is -0.478. The fraction of sp³-hybridized carbons (Fsp3) is 0.167. The fourth-order valence-electron chi connectivity index (χ4n) is 1.32. The van der Waals surface area contributed by atoms with Crippen molar-refractivity contribution in [3.8, 4) is 0 Å². The molecule has 0 spiro atoms. The molecule has 0 aliphatic carbocycles. The molecule has 0 bridgehead atoms. The number of aldehydes is 1. The molecule has 1 rings (SSSR count). The number of carbonyl (C=O) groups is 2. The molecule has 0 aliphatic rings. The van der Waals surface area contributed by atoms with Crippen LogP contribution in [0.4, 0.5) is 0 Å². The highest BCUT2D eigenvalue weighted by molar-refractivity contribution is 6.16. The van der Waals surface area contributed by atoms with E-state index in [1.165, 1.54) is 7.11 Å². The second-order valence-corrected chi connectivity index (χ2v) is 3.00. The number of esters is 1. The zero-order valence-electron chi connectivity index (χ0n) is 8.53. The quantitative estimate of drug-likeness (QED) is 0.425. The Bertz CT molecular complexity index is 394. The topological polar surface area (TPSA) is 43.4 Å². The van der Waals surface area contributed by atoms with Crippen molar-refractivity contribution in [1.82, 2.24) is 0 Å². The van der Waals surface area contributed by atoms with Crippen LogP contribution in [0.2, 0.25) is 0 Å². The maximum atomic E-state index is 11.3. The number of ether oxygens (including phenoxy) is 1. The SMILES string of the molecule is C=C(C(=O)OC)c1ccccc1CC=O. The highest BCUT2D eigenvalue weighted by atomic mass is 16.5. The lowest BCUT2D eigenvalue weighted by atomic mass is 9.99. The lowest BCUT2D eigenvalue weighted by molar-refractivity contribution is -0.133. The Balaban J connectivity index is 3.07. The van der Waals surface area contributed by atoms with Gasteiger partial charge in [-0.3, -0.25) is 0 Å². The predicted octanol–water partition coefficient (Wildman–Crippen LogP) is 1.61. The molecule has 0 radical (unpaired) electrons. The van der Waals surface area contributed by atoms with Crippen LogP contribution in [0.15, 0.2) is 30.8 Å². The van der Waals surface area contributed by atoms with Crippen molar-refractivity contribution >= 4 is 17.8 Å². The first-order valence-corrected chi connectivity index (χ1v) is 4.49. The van der Waals surface area contributed by atoms with Gasteiger partial charge in [-0.15, -0.1) is 0 Å². The molecule has 1 aromatic rings. The second-order valence-electron chi connectivity index (χ2n) is 3.00. The highest BCUT2D eigenvalue weighted by Crippen LogP contribution is 2.18. The minimum absolute atomic E-state index is 0.270. The van der Waals surface area contributed by atoms with E-state index in [1.807, 2.05) is 6.07 Å². The molecule has 1 aromatic carbocycles. The molecule has 0 fully saturated rings. The third-order valence-electron chi connectivity index (χ3n) is 2.08. The van der Waals surface area contributed by atoms with Gasteiger partial charge < -0.3 is 9.53 Å². The summed E-state index contributed by atoms with van der Waals surface area (Å²) in [6.07, 6.45) is 1.07. The molecule has 0 saturated carbocycles. The van der Waals surface area contributed by atoms with Gasteiger partial charge in [-0.1, -0.05) is 30.8 Å². The van der Waals surface area contributed by atoms with Crippen LogP contribution in [0.5, 0.6) is 0 Å². The van der Waals surface area contributed by atoms with Crippen molar-refractivity contribution in [3.05, 3.63) is 42.0 Å². The average Bonchev–Trinajstić information content (AvgIpc) is 2.28. The summed E-state index contributed by atoms with van der Waals surface area (Å²) < 4.78 is 4.57. The molecule has 0 saturated heterocycles. The van der Waals surface area contributed by atoms with Crippen LogP contribution in [0.3, 0.4) is 0 Å². The number of benzene rings is 1. The minimum atomic E-state index is -0.478. The van der Waals surface area contributed by atoms with Gasteiger partial charge in [0.05, 0.1) is 12.7 Å². The van der Waals surface area contributed by atoms with Crippen LogP contribution >= 0.6 is 0 Å². The Hall–Kier alpha value is -1.90. The lowest BCUT2D eigenvalue weighted by Gasteiger charge is -2.07. The molecular formula is C12H12O3. The number of hydrogen-bond donors (Lipinski definition) is 0. The van der Waals surface area contributed by atoms with Gasteiger partial charge in [0.1, 0.15) is 6.29 Å². The van der Waals surface area contributed by atoms with Gasteiger partial charge in [-0.2, -0.15) is 0 Å². The van der Waals surface area contributed by atoms with Gasteiger partial charge in [-0.25, -0.2) is 4.79 Å². The molecule has 0 amide bonds. The van der Waals surface area contributed by atoms with Crippen molar-refractivity contribution in [3.63, 3.8) is 0 Å². The molecule has 3 nitrogen and oxygen atoms in total. The van der Waals surface area contributed by atoms with Crippen LogP contribution in [0.25, 0.3) is 5.57 Å². The van der Waals surface area contributed by atoms with Crippen molar-refractivity contribution in [2.75, 3.05) is 7.11 Å². The summed E-state index contributed by atoms with van der Waals surface area (Å²) in [4.78, 5) is 21.7. The van der Waals surface area contributed by atoms with E-state index in [-0.39, 0.29) is 12.0 Å². The van der Waals surface area contributed by atoms with Crippen LogP contribution in [-0.4, -0.2) is 19.4 Å². The van der Waals surface area contributed by atoms with Gasteiger partial charge in [0.25, 0.3) is 0 Å². The molecule has 0 aromatic heterocycles. The minimum Gasteiger partial charge on any atom is -0.465 e. The summed E-state index contributed by atoms with van der Waals surface area (Å²) in [7, 11) is 1.30. The van der Waals surface area contributed by atoms with Crippen molar-refractivity contribution in [2.45, 2.75) is 6.42 Å². The monoisotopic (exact) mass is 204 g/mol. The van der Waals surface area contributed by atoms with E-state index < -0.39 is 5.97 Å². The zero-order chi connectivity index (χ0) is 11.3. The molecule has 3 heteroatoms. The Morgan fingerprint density at radius 1 is 1.47 bits per heavy atom. The van der Waals surface area contributed by atoms with E-state index in [2.05, 4.69) is 11.3 Å². The second kappa shape index (κ2) is 5.10. The summed E-state index contributed by atoms with van der Waals surface area (Å²) in [5, 5.41) is 0. The Kier molecular flexibility index (Phi) is 3.80. The molecule has 78 valence electrons. The van der Waals surface area contributed by atoms with Crippen molar-refractivity contribution in [2.24, 2.45) is 0 Å². The molecule has 0 aliphatic heterocycles. The Morgan fingerprint density at radius 2 is 2.13 bits per heavy atom. The van der Waals surface area contributed by atoms with Gasteiger partial charge in [0.2, 0.25) is 0 Å². The molecule has 15 heavy (non-hydrogen) atoms. The van der Waals surface area contributed by atoms with Gasteiger partial charge in [-0.05, 0) is 11.1 Å². The predicted molar refractivity (Wildman–Crippen MR) is 57.3 cm³/mol. The van der Waals surface area contributed by atoms with Crippen LogP contribution in [0.1, 0.15) is 11.1 Å². The van der Waals surface area contributed by atoms with E-state index in [9.17, 15) is 9.59 Å². The first kappa shape index (κ1) is 11.2. The smallest absolute Gasteiger partial charge is 0.337 e. The number of methoxy groups -OCH3 is 1. The van der Waals surface area contributed by atoms with E-state index in [1.54, 1.807) is 18.2 Å². The van der Waals surface area contributed by atoms with Gasteiger partial charge >= 0.3 is 5.97 Å². The molecular weight excluding hydrogens is 192 g/mol. The largest absolute Gasteiger partial charge is 0.465 e. The first-order valence-electron chi connectivity index (χ1n) is 4.49. The standard InChI is InChI=1S/C12H12O3/c1-9(12(14)15-2)11-6-4-3-5-10(11)7-8-13/h3-6,8H,1,7H2,2H3. The number of carbonyl (C=O) groups excluding carboxylic acids is 2. The van der Waals surface area contributed by atoms with E-state index in [0.29, 0.717) is 5.56 Å². The van der Waals surface area contributed by atoms with Crippen LogP contribution < -0.4 is 0 Å². The zero-order valence-corrected chi connectivity index (χ0v) is 8.53. The number of rotatable bonds is 4. The summed E-state index contributed by atoms with van der Waals surface area (Å²) >= 11 is 0. The number of hydrogen-bond acceptors (Lipinski definition) is 3. The normalized spacial score (nSPS) is 9.40. The molecule has 0 N–H and O–H groups in total. The third-order valence-corrected chi connectivity index (χ3v) is 2.08. The van der Waals surface area contributed by atoms with Gasteiger partial charge in [0.15, 0.2) is 0 Å². The summed E-state index contributed by atoms with van der Waals surface area (Å²) in [5.41, 5.74) is 1.72. The van der Waals surface area contributed by atoms with E-state index in [4.69, 9.17) is 0 Å². The fourth-order valence-corrected chi connectivity index (χ4v) is 1.32. The van der Waals surface area contributed by atoms with Crippen molar-refractivity contribution < 1.29 is 14.3 Å². The Labute approximate surface area is 88.4 Å². The first-order chi connectivity index (χ1) is 7.20. The maximum absolute atomic E-state index is 11.3. The molecule has 0 unspecified atom stereocenters. The van der Waals surface area contributed by atoms with E-state index in [0.717, 1.165) is 11.8 Å². The highest BCUT2D eigenvalue weighted by Gasteiger charge is 2.12. The van der Waals surface area contributed by atoms with Gasteiger partial charge in [0, 0.05) is 6.42 Å². The van der Waals surface area contributed by atoms with E-state index >= 15 is 0 Å². The average molecular weight is 204 g/mol. The molecule has 0 heterocycles. The van der Waals surface area contributed by atoms with Crippen molar-refractivity contribution in [1.29, 1.82) is 0 Å². The summed E-state index contributed by atoms with van der Waals surface area (Å²) in [6, 6.07) is 7.14. The Morgan fingerprint density at radius 3 is 2.73 bits per heavy atom. The third kappa shape index (κ3) is 2.53. The van der Waals surface area contributed by atoms with Crippen LogP contribution in [-0.2, 0) is 20.7 Å². The lowest BCUT2D eigenvalue weighted by Crippen LogP contribution is -2.05. The van der Waals surface area contributed by atoms with Crippen LogP contribution in [0, 0.1) is 0 Å². The molecule has 0 atom stereocenters. The maximum Gasteiger partial charge on any atom is 0.337 e.